The van der Waals surface area contributed by atoms with Gasteiger partial charge in [-0.2, -0.15) is 0 Å². The predicted octanol–water partition coefficient (Wildman–Crippen LogP) is 0.426. The van der Waals surface area contributed by atoms with Gasteiger partial charge in [0.2, 0.25) is 5.82 Å². The third kappa shape index (κ3) is 3.56. The van der Waals surface area contributed by atoms with Crippen molar-refractivity contribution < 1.29 is 14.7 Å². The Bertz CT molecular complexity index is 461. The zero-order chi connectivity index (χ0) is 13.1. The minimum Gasteiger partial charge on any atom is -0.479 e. The van der Waals surface area contributed by atoms with Crippen molar-refractivity contribution in [3.8, 4) is 0 Å². The Morgan fingerprint density at radius 3 is 2.76 bits per heavy atom. The highest BCUT2D eigenvalue weighted by atomic mass is 16.7. The standard InChI is InChI=1S/C10H15N3O4/c1-10(2,3)13-5-4-11-8(9(13)16)12-17-6-7(14)15/h4-5H,6H2,1-3H3,(H,11,12)(H,14,15). The maximum atomic E-state index is 11.9. The van der Waals surface area contributed by atoms with Gasteiger partial charge in [0.05, 0.1) is 0 Å². The van der Waals surface area contributed by atoms with Crippen molar-refractivity contribution in [1.82, 2.24) is 9.55 Å². The molecular formula is C10H15N3O4. The summed E-state index contributed by atoms with van der Waals surface area (Å²) < 4.78 is 1.48. The second-order valence-corrected chi connectivity index (χ2v) is 4.41. The second-order valence-electron chi connectivity index (χ2n) is 4.41. The molecule has 17 heavy (non-hydrogen) atoms. The Morgan fingerprint density at radius 2 is 2.24 bits per heavy atom. The predicted molar refractivity (Wildman–Crippen MR) is 60.7 cm³/mol. The Labute approximate surface area is 98.0 Å². The van der Waals surface area contributed by atoms with Crippen molar-refractivity contribution in [3.63, 3.8) is 0 Å². The lowest BCUT2D eigenvalue weighted by Gasteiger charge is -2.22. The zero-order valence-corrected chi connectivity index (χ0v) is 9.93. The molecule has 0 spiro atoms. The molecule has 0 bridgehead atoms. The van der Waals surface area contributed by atoms with E-state index in [1.807, 2.05) is 20.8 Å². The average Bonchev–Trinajstić information content (AvgIpc) is 2.18. The molecule has 0 aliphatic heterocycles. The Kier molecular flexibility index (Phi) is 3.84. The quantitative estimate of drug-likeness (QED) is 0.742. The molecule has 7 heteroatoms. The van der Waals surface area contributed by atoms with Crippen LogP contribution in [0.15, 0.2) is 17.2 Å². The van der Waals surface area contributed by atoms with Crippen molar-refractivity contribution in [2.24, 2.45) is 0 Å². The minimum atomic E-state index is -1.13. The highest BCUT2D eigenvalue weighted by Crippen LogP contribution is 2.10. The van der Waals surface area contributed by atoms with E-state index in [0.717, 1.165) is 0 Å². The molecule has 0 aromatic carbocycles. The van der Waals surface area contributed by atoms with Gasteiger partial charge in [-0.05, 0) is 20.8 Å². The van der Waals surface area contributed by atoms with Crippen LogP contribution < -0.4 is 11.0 Å². The minimum absolute atomic E-state index is 0.0383. The average molecular weight is 241 g/mol. The molecule has 0 radical (unpaired) electrons. The normalized spacial score (nSPS) is 11.2. The Morgan fingerprint density at radius 1 is 1.59 bits per heavy atom. The summed E-state index contributed by atoms with van der Waals surface area (Å²) in [4.78, 5) is 30.5. The first-order chi connectivity index (χ1) is 7.82. The van der Waals surface area contributed by atoms with Crippen LogP contribution in [0.1, 0.15) is 20.8 Å². The van der Waals surface area contributed by atoms with Crippen LogP contribution in [0.5, 0.6) is 0 Å². The van der Waals surface area contributed by atoms with Crippen LogP contribution >= 0.6 is 0 Å². The first kappa shape index (κ1) is 13.2. The van der Waals surface area contributed by atoms with E-state index in [-0.39, 0.29) is 16.9 Å². The number of hydrogen-bond donors (Lipinski definition) is 2. The van der Waals surface area contributed by atoms with Crippen LogP contribution in [0.2, 0.25) is 0 Å². The summed E-state index contributed by atoms with van der Waals surface area (Å²) >= 11 is 0. The van der Waals surface area contributed by atoms with Gasteiger partial charge in [-0.15, -0.1) is 0 Å². The van der Waals surface area contributed by atoms with E-state index in [1.165, 1.54) is 10.8 Å². The molecule has 0 saturated carbocycles. The number of hydrogen-bond acceptors (Lipinski definition) is 5. The van der Waals surface area contributed by atoms with E-state index >= 15 is 0 Å². The van der Waals surface area contributed by atoms with E-state index in [0.29, 0.717) is 0 Å². The van der Waals surface area contributed by atoms with E-state index < -0.39 is 12.6 Å². The summed E-state index contributed by atoms with van der Waals surface area (Å²) in [6, 6.07) is 0. The molecule has 0 saturated heterocycles. The number of carboxylic acids is 1. The highest BCUT2D eigenvalue weighted by Gasteiger charge is 2.16. The van der Waals surface area contributed by atoms with Gasteiger partial charge in [-0.25, -0.2) is 15.3 Å². The molecule has 0 unspecified atom stereocenters. The molecule has 2 N–H and O–H groups in total. The fraction of sp³-hybridized carbons (Fsp3) is 0.500. The number of anilines is 1. The van der Waals surface area contributed by atoms with Crippen molar-refractivity contribution in [2.45, 2.75) is 26.3 Å². The molecule has 0 fully saturated rings. The number of aromatic nitrogens is 2. The van der Waals surface area contributed by atoms with Gasteiger partial charge in [0.25, 0.3) is 5.56 Å². The summed E-state index contributed by atoms with van der Waals surface area (Å²) in [6.45, 7) is 5.06. The number of carbonyl (C=O) groups is 1. The Hall–Kier alpha value is -1.89. The molecular weight excluding hydrogens is 226 g/mol. The molecule has 1 rings (SSSR count). The molecule has 1 heterocycles. The first-order valence-corrected chi connectivity index (χ1v) is 5.00. The number of nitrogens with one attached hydrogen (secondary N) is 1. The fourth-order valence-electron chi connectivity index (χ4n) is 1.18. The van der Waals surface area contributed by atoms with Crippen LogP contribution in [0, 0.1) is 0 Å². The van der Waals surface area contributed by atoms with Gasteiger partial charge in [0.1, 0.15) is 0 Å². The van der Waals surface area contributed by atoms with Gasteiger partial charge in [-0.1, -0.05) is 0 Å². The van der Waals surface area contributed by atoms with Gasteiger partial charge in [0.15, 0.2) is 6.61 Å². The molecule has 0 aliphatic rings. The molecule has 1 aromatic rings. The highest BCUT2D eigenvalue weighted by molar-refractivity contribution is 5.68. The first-order valence-electron chi connectivity index (χ1n) is 5.00. The summed E-state index contributed by atoms with van der Waals surface area (Å²) in [6.07, 6.45) is 3.00. The molecule has 94 valence electrons. The molecule has 0 aliphatic carbocycles. The van der Waals surface area contributed by atoms with Crippen LogP contribution in [0.4, 0.5) is 5.82 Å². The second kappa shape index (κ2) is 4.96. The summed E-state index contributed by atoms with van der Waals surface area (Å²) in [7, 11) is 0. The third-order valence-corrected chi connectivity index (χ3v) is 1.93. The SMILES string of the molecule is CC(C)(C)n1ccnc(NOCC(=O)O)c1=O. The molecule has 0 amide bonds. The van der Waals surface area contributed by atoms with E-state index in [4.69, 9.17) is 5.11 Å². The maximum Gasteiger partial charge on any atom is 0.332 e. The van der Waals surface area contributed by atoms with Crippen molar-refractivity contribution in [2.75, 3.05) is 12.1 Å². The Balaban J connectivity index is 2.88. The van der Waals surface area contributed by atoms with Crippen molar-refractivity contribution in [3.05, 3.63) is 22.7 Å². The maximum absolute atomic E-state index is 11.9. The topological polar surface area (TPSA) is 93.4 Å². The third-order valence-electron chi connectivity index (χ3n) is 1.93. The molecule has 1 aromatic heterocycles. The smallest absolute Gasteiger partial charge is 0.332 e. The number of rotatable bonds is 4. The van der Waals surface area contributed by atoms with Crippen LogP contribution in [0.25, 0.3) is 0 Å². The van der Waals surface area contributed by atoms with Gasteiger partial charge >= 0.3 is 5.97 Å². The zero-order valence-electron chi connectivity index (χ0n) is 9.93. The summed E-state index contributed by atoms with van der Waals surface area (Å²) in [5.41, 5.74) is 1.48. The van der Waals surface area contributed by atoms with E-state index in [9.17, 15) is 9.59 Å². The lowest BCUT2D eigenvalue weighted by atomic mass is 10.1. The summed E-state index contributed by atoms with van der Waals surface area (Å²) in [5, 5.41) is 8.38. The van der Waals surface area contributed by atoms with Crippen LogP contribution in [-0.4, -0.2) is 27.2 Å². The molecule has 7 nitrogen and oxygen atoms in total. The summed E-state index contributed by atoms with van der Waals surface area (Å²) in [5.74, 6) is -1.17. The monoisotopic (exact) mass is 241 g/mol. The van der Waals surface area contributed by atoms with Crippen molar-refractivity contribution >= 4 is 11.8 Å². The van der Waals surface area contributed by atoms with E-state index in [1.54, 1.807) is 6.20 Å². The fourth-order valence-corrected chi connectivity index (χ4v) is 1.18. The van der Waals surface area contributed by atoms with Gasteiger partial charge in [0, 0.05) is 17.9 Å². The number of aliphatic carboxylic acids is 1. The molecule has 0 atom stereocenters. The van der Waals surface area contributed by atoms with Crippen molar-refractivity contribution in [1.29, 1.82) is 0 Å². The van der Waals surface area contributed by atoms with E-state index in [2.05, 4.69) is 15.3 Å². The number of nitrogens with zero attached hydrogens (tertiary/aromatic N) is 2. The largest absolute Gasteiger partial charge is 0.479 e. The van der Waals surface area contributed by atoms with Crippen LogP contribution in [-0.2, 0) is 15.2 Å². The van der Waals surface area contributed by atoms with Gasteiger partial charge < -0.3 is 9.67 Å². The van der Waals surface area contributed by atoms with Crippen LogP contribution in [0.3, 0.4) is 0 Å². The van der Waals surface area contributed by atoms with Gasteiger partial charge in [-0.3, -0.25) is 9.63 Å². The lowest BCUT2D eigenvalue weighted by molar-refractivity contribution is -0.141. The lowest BCUT2D eigenvalue weighted by Crippen LogP contribution is -2.35. The number of carboxylic acid groups (broad SMARTS) is 1.